The number of nitrogens with one attached hydrogen (secondary N) is 1. The van der Waals surface area contributed by atoms with Gasteiger partial charge >= 0.3 is 0 Å². The predicted octanol–water partition coefficient (Wildman–Crippen LogP) is 4.02. The van der Waals surface area contributed by atoms with Crippen LogP contribution < -0.4 is 5.32 Å². The number of halogens is 1. The Bertz CT molecular complexity index is 1220. The highest BCUT2D eigenvalue weighted by molar-refractivity contribution is 9.10. The lowest BCUT2D eigenvalue weighted by Gasteiger charge is -2.07. The average Bonchev–Trinajstić information content (AvgIpc) is 3.46. The SMILES string of the molecule is CCn1cc(Cn2cc(NC(=O)c3cccc(Cn4nc(C)c(Br)c4C)c3)cn2)cn1. The van der Waals surface area contributed by atoms with Crippen LogP contribution in [0.15, 0.2) is 53.5 Å². The number of carbonyl (C=O) groups is 1. The maximum atomic E-state index is 12.8. The first-order valence-corrected chi connectivity index (χ1v) is 10.9. The molecule has 31 heavy (non-hydrogen) atoms. The van der Waals surface area contributed by atoms with Crippen molar-refractivity contribution in [3.05, 3.63) is 81.6 Å². The quantitative estimate of drug-likeness (QED) is 0.431. The second-order valence-electron chi connectivity index (χ2n) is 7.43. The Hall–Kier alpha value is -3.20. The van der Waals surface area contributed by atoms with Gasteiger partial charge in [-0.1, -0.05) is 12.1 Å². The molecule has 4 aromatic rings. The summed E-state index contributed by atoms with van der Waals surface area (Å²) in [5, 5.41) is 16.1. The van der Waals surface area contributed by atoms with Crippen LogP contribution in [0.25, 0.3) is 0 Å². The normalized spacial score (nSPS) is 11.1. The molecule has 3 aromatic heterocycles. The topological polar surface area (TPSA) is 82.6 Å². The fraction of sp³-hybridized carbons (Fsp3) is 0.273. The van der Waals surface area contributed by atoms with Crippen molar-refractivity contribution in [2.75, 3.05) is 5.32 Å². The van der Waals surface area contributed by atoms with Crippen LogP contribution in [0.1, 0.15) is 39.8 Å². The molecular formula is C22H24BrN7O. The smallest absolute Gasteiger partial charge is 0.255 e. The van der Waals surface area contributed by atoms with Crippen LogP contribution in [-0.4, -0.2) is 35.2 Å². The Morgan fingerprint density at radius 1 is 1.06 bits per heavy atom. The van der Waals surface area contributed by atoms with Crippen molar-refractivity contribution in [3.8, 4) is 0 Å². The van der Waals surface area contributed by atoms with Gasteiger partial charge < -0.3 is 5.32 Å². The fourth-order valence-electron chi connectivity index (χ4n) is 3.38. The third kappa shape index (κ3) is 4.77. The number of hydrogen-bond acceptors (Lipinski definition) is 4. The minimum Gasteiger partial charge on any atom is -0.319 e. The van der Waals surface area contributed by atoms with Crippen LogP contribution in [0.5, 0.6) is 0 Å². The van der Waals surface area contributed by atoms with Crippen LogP contribution in [0.3, 0.4) is 0 Å². The van der Waals surface area contributed by atoms with Gasteiger partial charge in [-0.15, -0.1) is 0 Å². The number of benzene rings is 1. The van der Waals surface area contributed by atoms with Gasteiger partial charge in [0.1, 0.15) is 0 Å². The maximum absolute atomic E-state index is 12.8. The molecular weight excluding hydrogens is 458 g/mol. The van der Waals surface area contributed by atoms with Crippen molar-refractivity contribution in [3.63, 3.8) is 0 Å². The number of rotatable bonds is 7. The van der Waals surface area contributed by atoms with Crippen LogP contribution in [-0.2, 0) is 19.6 Å². The van der Waals surface area contributed by atoms with E-state index in [9.17, 15) is 4.79 Å². The molecule has 0 spiro atoms. The summed E-state index contributed by atoms with van der Waals surface area (Å²) < 4.78 is 6.60. The van der Waals surface area contributed by atoms with Crippen LogP contribution in [0.4, 0.5) is 5.69 Å². The number of carbonyl (C=O) groups excluding carboxylic acids is 1. The molecule has 0 radical (unpaired) electrons. The molecule has 1 aromatic carbocycles. The molecule has 0 bridgehead atoms. The van der Waals surface area contributed by atoms with Crippen molar-refractivity contribution in [2.45, 2.75) is 40.4 Å². The minimum atomic E-state index is -0.172. The van der Waals surface area contributed by atoms with Gasteiger partial charge in [0.05, 0.1) is 47.0 Å². The molecule has 0 unspecified atom stereocenters. The second kappa shape index (κ2) is 8.89. The summed E-state index contributed by atoms with van der Waals surface area (Å²) in [6.45, 7) is 8.06. The van der Waals surface area contributed by atoms with Crippen molar-refractivity contribution in [1.29, 1.82) is 0 Å². The molecule has 0 saturated heterocycles. The van der Waals surface area contributed by atoms with Crippen molar-refractivity contribution < 1.29 is 4.79 Å². The van der Waals surface area contributed by atoms with E-state index in [1.165, 1.54) is 0 Å². The van der Waals surface area contributed by atoms with E-state index in [1.807, 2.05) is 66.9 Å². The van der Waals surface area contributed by atoms with Gasteiger partial charge in [-0.3, -0.25) is 18.8 Å². The molecule has 0 saturated carbocycles. The zero-order valence-corrected chi connectivity index (χ0v) is 19.3. The molecule has 3 heterocycles. The Morgan fingerprint density at radius 2 is 1.87 bits per heavy atom. The largest absolute Gasteiger partial charge is 0.319 e. The lowest BCUT2D eigenvalue weighted by atomic mass is 10.1. The van der Waals surface area contributed by atoms with Crippen LogP contribution in [0, 0.1) is 13.8 Å². The van der Waals surface area contributed by atoms with E-state index < -0.39 is 0 Å². The first-order valence-electron chi connectivity index (χ1n) is 10.1. The molecule has 0 atom stereocenters. The molecule has 0 aliphatic carbocycles. The van der Waals surface area contributed by atoms with E-state index in [0.29, 0.717) is 24.3 Å². The van der Waals surface area contributed by atoms with Crippen LogP contribution >= 0.6 is 15.9 Å². The van der Waals surface area contributed by atoms with E-state index in [-0.39, 0.29) is 5.91 Å². The molecule has 4 rings (SSSR count). The lowest BCUT2D eigenvalue weighted by molar-refractivity contribution is 0.102. The number of nitrogens with zero attached hydrogens (tertiary/aromatic N) is 6. The maximum Gasteiger partial charge on any atom is 0.255 e. The van der Waals surface area contributed by atoms with E-state index in [2.05, 4.69) is 36.5 Å². The molecule has 9 heteroatoms. The molecule has 0 aliphatic rings. The first kappa shape index (κ1) is 21.0. The molecule has 8 nitrogen and oxygen atoms in total. The van der Waals surface area contributed by atoms with Gasteiger partial charge in [0, 0.05) is 30.1 Å². The Balaban J connectivity index is 1.42. The number of hydrogen-bond donors (Lipinski definition) is 1. The summed E-state index contributed by atoms with van der Waals surface area (Å²) in [6, 6.07) is 7.58. The van der Waals surface area contributed by atoms with Crippen molar-refractivity contribution >= 4 is 27.5 Å². The molecule has 1 N–H and O–H groups in total. The number of aromatic nitrogens is 6. The van der Waals surface area contributed by atoms with Gasteiger partial charge in [0.25, 0.3) is 5.91 Å². The highest BCUT2D eigenvalue weighted by Gasteiger charge is 2.12. The number of amides is 1. The second-order valence-corrected chi connectivity index (χ2v) is 8.22. The molecule has 0 fully saturated rings. The fourth-order valence-corrected chi connectivity index (χ4v) is 3.66. The molecule has 0 aliphatic heterocycles. The summed E-state index contributed by atoms with van der Waals surface area (Å²) in [6.07, 6.45) is 7.29. The molecule has 1 amide bonds. The summed E-state index contributed by atoms with van der Waals surface area (Å²) >= 11 is 3.56. The number of anilines is 1. The van der Waals surface area contributed by atoms with E-state index in [0.717, 1.165) is 33.5 Å². The summed E-state index contributed by atoms with van der Waals surface area (Å²) in [7, 11) is 0. The molecule has 160 valence electrons. The average molecular weight is 482 g/mol. The minimum absolute atomic E-state index is 0.172. The third-order valence-corrected chi connectivity index (χ3v) is 6.21. The van der Waals surface area contributed by atoms with Crippen molar-refractivity contribution in [2.24, 2.45) is 0 Å². The zero-order chi connectivity index (χ0) is 22.0. The van der Waals surface area contributed by atoms with Gasteiger partial charge in [-0.05, 0) is 54.4 Å². The monoisotopic (exact) mass is 481 g/mol. The summed E-state index contributed by atoms with van der Waals surface area (Å²) in [5.41, 5.74) is 5.33. The van der Waals surface area contributed by atoms with E-state index in [4.69, 9.17) is 0 Å². The van der Waals surface area contributed by atoms with Gasteiger partial charge in [0.2, 0.25) is 0 Å². The zero-order valence-electron chi connectivity index (χ0n) is 17.7. The van der Waals surface area contributed by atoms with Gasteiger partial charge in [0.15, 0.2) is 0 Å². The highest BCUT2D eigenvalue weighted by Crippen LogP contribution is 2.21. The van der Waals surface area contributed by atoms with Gasteiger partial charge in [-0.25, -0.2) is 0 Å². The Labute approximate surface area is 189 Å². The van der Waals surface area contributed by atoms with Crippen LogP contribution in [0.2, 0.25) is 0 Å². The predicted molar refractivity (Wildman–Crippen MR) is 122 cm³/mol. The van der Waals surface area contributed by atoms with E-state index in [1.54, 1.807) is 16.9 Å². The van der Waals surface area contributed by atoms with E-state index >= 15 is 0 Å². The summed E-state index contributed by atoms with van der Waals surface area (Å²) in [4.78, 5) is 12.8. The Morgan fingerprint density at radius 3 is 2.58 bits per heavy atom. The summed E-state index contributed by atoms with van der Waals surface area (Å²) in [5.74, 6) is -0.172. The Kier molecular flexibility index (Phi) is 6.03. The standard InChI is InChI=1S/C22H24BrN7O/c1-4-28-11-18(9-24-28)12-29-14-20(10-25-29)26-22(31)19-7-5-6-17(8-19)13-30-16(3)21(23)15(2)27-30/h5-11,14H,4,12-13H2,1-3H3,(H,26,31). The van der Waals surface area contributed by atoms with Crippen molar-refractivity contribution in [1.82, 2.24) is 29.3 Å². The first-order chi connectivity index (χ1) is 14.9. The third-order valence-electron chi connectivity index (χ3n) is 5.06. The number of aryl methyl sites for hydroxylation is 2. The van der Waals surface area contributed by atoms with Gasteiger partial charge in [-0.2, -0.15) is 15.3 Å². The lowest BCUT2D eigenvalue weighted by Crippen LogP contribution is -2.12. The highest BCUT2D eigenvalue weighted by atomic mass is 79.9.